The van der Waals surface area contributed by atoms with Gasteiger partial charge in [-0.05, 0) is 50.6 Å². The smallest absolute Gasteiger partial charge is 0.124 e. The molecule has 0 fully saturated rings. The van der Waals surface area contributed by atoms with Gasteiger partial charge in [0.25, 0.3) is 0 Å². The predicted molar refractivity (Wildman–Crippen MR) is 77.5 cm³/mol. The first-order chi connectivity index (χ1) is 9.06. The van der Waals surface area contributed by atoms with Crippen LogP contribution in [0.3, 0.4) is 0 Å². The van der Waals surface area contributed by atoms with Crippen LogP contribution in [0.1, 0.15) is 22.6 Å². The van der Waals surface area contributed by atoms with Gasteiger partial charge in [0.05, 0.1) is 12.8 Å². The zero-order valence-corrected chi connectivity index (χ0v) is 12.0. The number of benzene rings is 1. The van der Waals surface area contributed by atoms with Gasteiger partial charge in [0.2, 0.25) is 0 Å². The Labute approximate surface area is 114 Å². The molecule has 1 heterocycles. The second kappa shape index (κ2) is 5.45. The van der Waals surface area contributed by atoms with Gasteiger partial charge >= 0.3 is 0 Å². The summed E-state index contributed by atoms with van der Waals surface area (Å²) in [6.07, 6.45) is 0.773. The molecule has 19 heavy (non-hydrogen) atoms. The van der Waals surface area contributed by atoms with Gasteiger partial charge in [0, 0.05) is 17.7 Å². The summed E-state index contributed by atoms with van der Waals surface area (Å²) in [4.78, 5) is 7.92. The SMILES string of the molecule is COc1c(C)cc(-c2nc(CCN)[nH]c2C)cc1C. The molecule has 0 spiro atoms. The van der Waals surface area contributed by atoms with Crippen LogP contribution in [0, 0.1) is 20.8 Å². The van der Waals surface area contributed by atoms with E-state index >= 15 is 0 Å². The van der Waals surface area contributed by atoms with Crippen LogP contribution in [0.15, 0.2) is 12.1 Å². The maximum atomic E-state index is 5.57. The molecular formula is C15H21N3O. The van der Waals surface area contributed by atoms with Crippen molar-refractivity contribution in [3.8, 4) is 17.0 Å². The van der Waals surface area contributed by atoms with E-state index in [4.69, 9.17) is 10.5 Å². The van der Waals surface area contributed by atoms with Crippen LogP contribution in [0.5, 0.6) is 5.75 Å². The molecule has 2 aromatic rings. The molecule has 0 saturated carbocycles. The van der Waals surface area contributed by atoms with Gasteiger partial charge < -0.3 is 15.5 Å². The molecule has 4 heteroatoms. The number of aryl methyl sites for hydroxylation is 3. The molecule has 0 aliphatic heterocycles. The summed E-state index contributed by atoms with van der Waals surface area (Å²) in [5.41, 5.74) is 11.0. The number of ether oxygens (including phenoxy) is 1. The second-order valence-electron chi connectivity index (χ2n) is 4.84. The third-order valence-corrected chi connectivity index (χ3v) is 3.25. The van der Waals surface area contributed by atoms with Crippen molar-refractivity contribution in [1.82, 2.24) is 9.97 Å². The van der Waals surface area contributed by atoms with E-state index in [2.05, 4.69) is 35.9 Å². The summed E-state index contributed by atoms with van der Waals surface area (Å²) >= 11 is 0. The number of rotatable bonds is 4. The fraction of sp³-hybridized carbons (Fsp3) is 0.400. The number of nitrogens with zero attached hydrogens (tertiary/aromatic N) is 1. The monoisotopic (exact) mass is 259 g/mol. The van der Waals surface area contributed by atoms with Gasteiger partial charge in [-0.2, -0.15) is 0 Å². The van der Waals surface area contributed by atoms with E-state index in [9.17, 15) is 0 Å². The molecule has 2 rings (SSSR count). The number of imidazole rings is 1. The lowest BCUT2D eigenvalue weighted by Gasteiger charge is -2.10. The van der Waals surface area contributed by atoms with Crippen LogP contribution < -0.4 is 10.5 Å². The van der Waals surface area contributed by atoms with Gasteiger partial charge in [-0.25, -0.2) is 4.98 Å². The summed E-state index contributed by atoms with van der Waals surface area (Å²) in [6.45, 7) is 6.75. The van der Waals surface area contributed by atoms with Crippen LogP contribution in [-0.4, -0.2) is 23.6 Å². The molecule has 3 N–H and O–H groups in total. The number of aromatic nitrogens is 2. The molecular weight excluding hydrogens is 238 g/mol. The molecule has 0 amide bonds. The highest BCUT2D eigenvalue weighted by Crippen LogP contribution is 2.30. The Morgan fingerprint density at radius 2 is 1.84 bits per heavy atom. The quantitative estimate of drug-likeness (QED) is 0.886. The van der Waals surface area contributed by atoms with Gasteiger partial charge in [-0.15, -0.1) is 0 Å². The first-order valence-electron chi connectivity index (χ1n) is 6.48. The molecule has 0 aliphatic carbocycles. The maximum absolute atomic E-state index is 5.57. The van der Waals surface area contributed by atoms with Gasteiger partial charge in [0.15, 0.2) is 0 Å². The van der Waals surface area contributed by atoms with Crippen molar-refractivity contribution >= 4 is 0 Å². The lowest BCUT2D eigenvalue weighted by atomic mass is 10.0. The van der Waals surface area contributed by atoms with E-state index in [-0.39, 0.29) is 0 Å². The highest BCUT2D eigenvalue weighted by molar-refractivity contribution is 5.66. The second-order valence-corrected chi connectivity index (χ2v) is 4.84. The normalized spacial score (nSPS) is 10.8. The first kappa shape index (κ1) is 13.6. The maximum Gasteiger partial charge on any atom is 0.124 e. The molecule has 0 aliphatic rings. The van der Waals surface area contributed by atoms with Gasteiger partial charge in [-0.3, -0.25) is 0 Å². The Morgan fingerprint density at radius 1 is 1.21 bits per heavy atom. The molecule has 102 valence electrons. The van der Waals surface area contributed by atoms with Crippen LogP contribution in [0.2, 0.25) is 0 Å². The number of nitrogens with one attached hydrogen (secondary N) is 1. The topological polar surface area (TPSA) is 63.9 Å². The third-order valence-electron chi connectivity index (χ3n) is 3.25. The van der Waals surface area contributed by atoms with E-state index in [0.29, 0.717) is 6.54 Å². The van der Waals surface area contributed by atoms with Crippen LogP contribution >= 0.6 is 0 Å². The van der Waals surface area contributed by atoms with Crippen molar-refractivity contribution in [3.05, 3.63) is 34.8 Å². The van der Waals surface area contributed by atoms with Crippen LogP contribution in [0.4, 0.5) is 0 Å². The Kier molecular flexibility index (Phi) is 3.90. The van der Waals surface area contributed by atoms with Crippen molar-refractivity contribution in [1.29, 1.82) is 0 Å². The van der Waals surface area contributed by atoms with E-state index in [0.717, 1.165) is 46.1 Å². The van der Waals surface area contributed by atoms with E-state index < -0.39 is 0 Å². The zero-order valence-electron chi connectivity index (χ0n) is 12.0. The van der Waals surface area contributed by atoms with Gasteiger partial charge in [-0.1, -0.05) is 0 Å². The number of aromatic amines is 1. The summed E-state index contributed by atoms with van der Waals surface area (Å²) in [6, 6.07) is 4.22. The minimum Gasteiger partial charge on any atom is -0.496 e. The Bertz CT molecular complexity index is 564. The summed E-state index contributed by atoms with van der Waals surface area (Å²) in [5, 5.41) is 0. The third kappa shape index (κ3) is 2.63. The highest BCUT2D eigenvalue weighted by Gasteiger charge is 2.12. The minimum absolute atomic E-state index is 0.604. The Balaban J connectivity index is 2.47. The van der Waals surface area contributed by atoms with E-state index in [1.165, 1.54) is 0 Å². The number of methoxy groups -OCH3 is 1. The summed E-state index contributed by atoms with van der Waals surface area (Å²) in [7, 11) is 1.70. The number of H-pyrrole nitrogens is 1. The largest absolute Gasteiger partial charge is 0.496 e. The van der Waals surface area contributed by atoms with Crippen molar-refractivity contribution in [2.75, 3.05) is 13.7 Å². The van der Waals surface area contributed by atoms with Crippen molar-refractivity contribution in [2.24, 2.45) is 5.73 Å². The van der Waals surface area contributed by atoms with Crippen LogP contribution in [0.25, 0.3) is 11.3 Å². The standard InChI is InChI=1S/C15H21N3O/c1-9-7-12(8-10(2)15(9)19-4)14-11(3)17-13(18-14)5-6-16/h7-8H,5-6,16H2,1-4H3,(H,17,18). The minimum atomic E-state index is 0.604. The predicted octanol–water partition coefficient (Wildman–Crippen LogP) is 2.51. The first-order valence-corrected chi connectivity index (χ1v) is 6.48. The van der Waals surface area contributed by atoms with Gasteiger partial charge in [0.1, 0.15) is 11.6 Å². The van der Waals surface area contributed by atoms with Crippen molar-refractivity contribution < 1.29 is 4.74 Å². The van der Waals surface area contributed by atoms with Crippen molar-refractivity contribution in [2.45, 2.75) is 27.2 Å². The molecule has 1 aromatic heterocycles. The number of hydrogen-bond acceptors (Lipinski definition) is 3. The van der Waals surface area contributed by atoms with E-state index in [1.54, 1.807) is 7.11 Å². The average molecular weight is 259 g/mol. The molecule has 1 aromatic carbocycles. The summed E-state index contributed by atoms with van der Waals surface area (Å²) < 4.78 is 5.40. The van der Waals surface area contributed by atoms with Crippen LogP contribution in [-0.2, 0) is 6.42 Å². The molecule has 0 unspecified atom stereocenters. The highest BCUT2D eigenvalue weighted by atomic mass is 16.5. The van der Waals surface area contributed by atoms with E-state index in [1.807, 2.05) is 6.92 Å². The molecule has 0 saturated heterocycles. The molecule has 0 bridgehead atoms. The summed E-state index contributed by atoms with van der Waals surface area (Å²) in [5.74, 6) is 1.89. The molecule has 4 nitrogen and oxygen atoms in total. The lowest BCUT2D eigenvalue weighted by molar-refractivity contribution is 0.408. The van der Waals surface area contributed by atoms with Crippen molar-refractivity contribution in [3.63, 3.8) is 0 Å². The molecule has 0 radical (unpaired) electrons. The Hall–Kier alpha value is -1.81. The molecule has 0 atom stereocenters. The lowest BCUT2D eigenvalue weighted by Crippen LogP contribution is -2.03. The fourth-order valence-electron chi connectivity index (χ4n) is 2.47. The average Bonchev–Trinajstić information content (AvgIpc) is 2.70. The zero-order chi connectivity index (χ0) is 14.0. The Morgan fingerprint density at radius 3 is 2.37 bits per heavy atom. The number of hydrogen-bond donors (Lipinski definition) is 2. The fourth-order valence-corrected chi connectivity index (χ4v) is 2.47. The number of nitrogens with two attached hydrogens (primary N) is 1.